The van der Waals surface area contributed by atoms with Crippen molar-refractivity contribution in [3.05, 3.63) is 17.6 Å². The Hall–Kier alpha value is -0.240. The normalized spacial score (nSPS) is 15.5. The van der Waals surface area contributed by atoms with Gasteiger partial charge in [0.15, 0.2) is 5.82 Å². The van der Waals surface area contributed by atoms with E-state index in [-0.39, 0.29) is 34.0 Å². The van der Waals surface area contributed by atoms with E-state index in [4.69, 9.17) is 4.84 Å². The average Bonchev–Trinajstić information content (AvgIpc) is 2.43. The van der Waals surface area contributed by atoms with Crippen LogP contribution >= 0.6 is 34.0 Å². The van der Waals surface area contributed by atoms with E-state index in [2.05, 4.69) is 15.3 Å². The molecule has 0 atom stereocenters. The minimum atomic E-state index is 0. The Bertz CT molecular complexity index is 323. The van der Waals surface area contributed by atoms with Gasteiger partial charge in [-0.1, -0.05) is 0 Å². The highest BCUT2D eigenvalue weighted by Gasteiger charge is 2.12. The molecule has 0 aliphatic carbocycles. The average molecular weight is 370 g/mol. The third-order valence-electron chi connectivity index (χ3n) is 2.23. The third kappa shape index (κ3) is 4.87. The second kappa shape index (κ2) is 7.97. The Labute approximate surface area is 122 Å². The van der Waals surface area contributed by atoms with Crippen LogP contribution in [0.15, 0.2) is 6.07 Å². The highest BCUT2D eigenvalue weighted by atomic mass is 79.9. The smallest absolute Gasteiger partial charge is 0.156 e. The molecule has 1 aliphatic heterocycles. The van der Waals surface area contributed by atoms with Gasteiger partial charge in [-0.3, -0.25) is 4.84 Å². The highest BCUT2D eigenvalue weighted by Crippen LogP contribution is 2.12. The molecular formula is C10H18Br2N4O. The van der Waals surface area contributed by atoms with Crippen molar-refractivity contribution in [2.24, 2.45) is 0 Å². The van der Waals surface area contributed by atoms with E-state index in [0.717, 1.165) is 37.0 Å². The molecule has 7 heteroatoms. The first kappa shape index (κ1) is 16.8. The summed E-state index contributed by atoms with van der Waals surface area (Å²) in [4.78, 5) is 14.2. The largest absolute Gasteiger partial charge is 0.312 e. The molecule has 0 unspecified atom stereocenters. The number of hydroxylamine groups is 1. The Morgan fingerprint density at radius 2 is 2.00 bits per heavy atom. The fourth-order valence-corrected chi connectivity index (χ4v) is 1.60. The van der Waals surface area contributed by atoms with Crippen molar-refractivity contribution >= 4 is 39.8 Å². The number of rotatable bonds is 1. The van der Waals surface area contributed by atoms with Crippen LogP contribution in [-0.2, 0) is 4.84 Å². The van der Waals surface area contributed by atoms with Crippen molar-refractivity contribution < 1.29 is 4.84 Å². The lowest BCUT2D eigenvalue weighted by Crippen LogP contribution is -2.27. The number of halogens is 2. The lowest BCUT2D eigenvalue weighted by Gasteiger charge is -2.20. The molecule has 1 aromatic heterocycles. The number of hydrogen-bond acceptors (Lipinski definition) is 5. The van der Waals surface area contributed by atoms with E-state index in [0.29, 0.717) is 6.61 Å². The van der Waals surface area contributed by atoms with Crippen LogP contribution in [0, 0.1) is 13.8 Å². The summed E-state index contributed by atoms with van der Waals surface area (Å²) >= 11 is 0. The summed E-state index contributed by atoms with van der Waals surface area (Å²) in [6.07, 6.45) is 0. The maximum atomic E-state index is 5.58. The molecule has 2 heterocycles. The van der Waals surface area contributed by atoms with Gasteiger partial charge in [-0.25, -0.2) is 15.0 Å². The van der Waals surface area contributed by atoms with Gasteiger partial charge in [0.25, 0.3) is 0 Å². The molecule has 0 spiro atoms. The van der Waals surface area contributed by atoms with Gasteiger partial charge < -0.3 is 5.32 Å². The maximum absolute atomic E-state index is 5.58. The molecule has 98 valence electrons. The lowest BCUT2D eigenvalue weighted by molar-refractivity contribution is 0.123. The van der Waals surface area contributed by atoms with Crippen molar-refractivity contribution in [2.45, 2.75) is 13.8 Å². The first-order valence-electron chi connectivity index (χ1n) is 5.19. The summed E-state index contributed by atoms with van der Waals surface area (Å²) in [5.41, 5.74) is 0.971. The predicted octanol–water partition coefficient (Wildman–Crippen LogP) is 1.59. The van der Waals surface area contributed by atoms with Gasteiger partial charge in [-0.2, -0.15) is 0 Å². The highest BCUT2D eigenvalue weighted by molar-refractivity contribution is 8.93. The van der Waals surface area contributed by atoms with Crippen molar-refractivity contribution in [3.8, 4) is 0 Å². The van der Waals surface area contributed by atoms with Crippen LogP contribution in [0.2, 0.25) is 0 Å². The number of aromatic nitrogens is 2. The van der Waals surface area contributed by atoms with Gasteiger partial charge in [0, 0.05) is 24.8 Å². The van der Waals surface area contributed by atoms with Gasteiger partial charge in [-0.05, 0) is 13.8 Å². The lowest BCUT2D eigenvalue weighted by atomic mass is 10.4. The number of hydrogen-bond donors (Lipinski definition) is 1. The van der Waals surface area contributed by atoms with E-state index >= 15 is 0 Å². The number of nitrogens with one attached hydrogen (secondary N) is 1. The summed E-state index contributed by atoms with van der Waals surface area (Å²) in [6, 6.07) is 1.94. The van der Waals surface area contributed by atoms with E-state index in [1.54, 1.807) is 0 Å². The van der Waals surface area contributed by atoms with Crippen LogP contribution in [0.5, 0.6) is 0 Å². The molecule has 5 nitrogen and oxygen atoms in total. The van der Waals surface area contributed by atoms with Crippen molar-refractivity contribution in [1.29, 1.82) is 0 Å². The Morgan fingerprint density at radius 1 is 1.24 bits per heavy atom. The van der Waals surface area contributed by atoms with E-state index in [1.165, 1.54) is 0 Å². The van der Waals surface area contributed by atoms with Crippen LogP contribution in [0.1, 0.15) is 11.5 Å². The van der Waals surface area contributed by atoms with E-state index in [1.807, 2.05) is 25.0 Å². The second-order valence-corrected chi connectivity index (χ2v) is 3.60. The summed E-state index contributed by atoms with van der Waals surface area (Å²) in [5.74, 6) is 1.63. The standard InChI is InChI=1S/C10H16N4O.2BrH/c1-8-7-10(13-9(2)12-8)14-5-3-11-4-6-15-14;;/h7,11H,3-6H2,1-2H3;2*1H. The number of aryl methyl sites for hydroxylation is 2. The molecule has 0 amide bonds. The van der Waals surface area contributed by atoms with E-state index in [9.17, 15) is 0 Å². The zero-order valence-corrected chi connectivity index (χ0v) is 13.4. The first-order valence-corrected chi connectivity index (χ1v) is 5.19. The molecule has 0 radical (unpaired) electrons. The fourth-order valence-electron chi connectivity index (χ4n) is 1.60. The molecule has 1 N–H and O–H groups in total. The zero-order chi connectivity index (χ0) is 10.7. The van der Waals surface area contributed by atoms with Crippen LogP contribution in [0.4, 0.5) is 5.82 Å². The van der Waals surface area contributed by atoms with Gasteiger partial charge in [0.05, 0.1) is 13.2 Å². The van der Waals surface area contributed by atoms with Crippen molar-refractivity contribution in [3.63, 3.8) is 0 Å². The molecule has 1 aromatic rings. The summed E-state index contributed by atoms with van der Waals surface area (Å²) < 4.78 is 0. The molecule has 17 heavy (non-hydrogen) atoms. The summed E-state index contributed by atoms with van der Waals surface area (Å²) in [5, 5.41) is 5.10. The Morgan fingerprint density at radius 3 is 2.71 bits per heavy atom. The van der Waals surface area contributed by atoms with Crippen LogP contribution in [0.25, 0.3) is 0 Å². The Balaban J connectivity index is 0.00000128. The molecular weight excluding hydrogens is 352 g/mol. The van der Waals surface area contributed by atoms with Gasteiger partial charge in [-0.15, -0.1) is 34.0 Å². The van der Waals surface area contributed by atoms with Crippen molar-refractivity contribution in [2.75, 3.05) is 31.3 Å². The van der Waals surface area contributed by atoms with Crippen molar-refractivity contribution in [1.82, 2.24) is 15.3 Å². The summed E-state index contributed by atoms with van der Waals surface area (Å²) in [6.45, 7) is 7.17. The third-order valence-corrected chi connectivity index (χ3v) is 2.23. The second-order valence-electron chi connectivity index (χ2n) is 3.60. The number of anilines is 1. The SMILES string of the molecule is Br.Br.Cc1cc(N2CCNCCO2)nc(C)n1. The minimum Gasteiger partial charge on any atom is -0.312 e. The monoisotopic (exact) mass is 368 g/mol. The van der Waals surface area contributed by atoms with Crippen LogP contribution in [-0.4, -0.2) is 36.2 Å². The quantitative estimate of drug-likeness (QED) is 0.814. The predicted molar refractivity (Wildman–Crippen MR) is 78.3 cm³/mol. The first-order chi connectivity index (χ1) is 7.25. The molecule has 2 rings (SSSR count). The molecule has 1 saturated heterocycles. The molecule has 1 aliphatic rings. The maximum Gasteiger partial charge on any atom is 0.156 e. The summed E-state index contributed by atoms with van der Waals surface area (Å²) in [7, 11) is 0. The van der Waals surface area contributed by atoms with Crippen LogP contribution < -0.4 is 10.4 Å². The molecule has 1 fully saturated rings. The fraction of sp³-hybridized carbons (Fsp3) is 0.600. The van der Waals surface area contributed by atoms with Gasteiger partial charge in [0.1, 0.15) is 5.82 Å². The number of nitrogens with zero attached hydrogens (tertiary/aromatic N) is 3. The van der Waals surface area contributed by atoms with Crippen LogP contribution in [0.3, 0.4) is 0 Å². The topological polar surface area (TPSA) is 50.3 Å². The van der Waals surface area contributed by atoms with E-state index < -0.39 is 0 Å². The molecule has 0 bridgehead atoms. The minimum absolute atomic E-state index is 0. The molecule has 0 saturated carbocycles. The van der Waals surface area contributed by atoms with Gasteiger partial charge >= 0.3 is 0 Å². The Kier molecular flexibility index (Phi) is 7.85. The molecule has 0 aromatic carbocycles. The van der Waals surface area contributed by atoms with Gasteiger partial charge in [0.2, 0.25) is 0 Å². The zero-order valence-electron chi connectivity index (χ0n) is 9.97.